The highest BCUT2D eigenvalue weighted by atomic mass is 16.6. The number of nitrogens with zero attached hydrogens (tertiary/aromatic N) is 4. The summed E-state index contributed by atoms with van der Waals surface area (Å²) in [5.41, 5.74) is 2.33. The van der Waals surface area contributed by atoms with Crippen molar-refractivity contribution in [2.75, 3.05) is 6.54 Å². The summed E-state index contributed by atoms with van der Waals surface area (Å²) >= 11 is 0. The first-order chi connectivity index (χ1) is 20.5. The maximum atomic E-state index is 14.3. The molecule has 1 aliphatic heterocycles. The number of rotatable bonds is 8. The van der Waals surface area contributed by atoms with E-state index >= 15 is 0 Å². The number of alkyl carbamates (subject to hydrolysis) is 1. The first-order valence-corrected chi connectivity index (χ1v) is 14.1. The molecule has 220 valence electrons. The van der Waals surface area contributed by atoms with Crippen LogP contribution in [0, 0.1) is 11.3 Å². The third-order valence-electron chi connectivity index (χ3n) is 7.47. The van der Waals surface area contributed by atoms with E-state index in [1.807, 2.05) is 66.2 Å². The predicted molar refractivity (Wildman–Crippen MR) is 163 cm³/mol. The number of ether oxygens (including phenoxy) is 1. The zero-order valence-corrected chi connectivity index (χ0v) is 24.8. The predicted octanol–water partition coefficient (Wildman–Crippen LogP) is 4.90. The van der Waals surface area contributed by atoms with Gasteiger partial charge in [0, 0.05) is 51.9 Å². The third-order valence-corrected chi connectivity index (χ3v) is 7.47. The first kappa shape index (κ1) is 29.3. The number of benzene rings is 2. The lowest BCUT2D eigenvalue weighted by Gasteiger charge is -2.23. The number of para-hydroxylation sites is 2. The van der Waals surface area contributed by atoms with Gasteiger partial charge in [0.15, 0.2) is 5.78 Å². The molecule has 1 N–H and O–H groups in total. The number of hydrogen-bond acceptors (Lipinski definition) is 6. The van der Waals surface area contributed by atoms with Gasteiger partial charge in [0.05, 0.1) is 29.8 Å². The standard InChI is InChI=1S/C33H33N5O5/c1-6-36-18-23(21-11-7-9-13-25(21)36)28-29(24-19-37(16-15-34)26-14-10-8-12-22(24)26)31(41)38(30(28)40)20(2)27(39)17-35-32(42)43-33(3,4)5/h7-14,18-20H,6,16-17H2,1-5H3,(H,35,42). The number of carbonyl (C=O) groups is 4. The van der Waals surface area contributed by atoms with Crippen LogP contribution in [-0.2, 0) is 32.2 Å². The van der Waals surface area contributed by atoms with Crippen LogP contribution in [0.5, 0.6) is 0 Å². The second-order valence-corrected chi connectivity index (χ2v) is 11.4. The molecular formula is C33H33N5O5. The second-order valence-electron chi connectivity index (χ2n) is 11.4. The van der Waals surface area contributed by atoms with Crippen LogP contribution in [0.4, 0.5) is 4.79 Å². The summed E-state index contributed by atoms with van der Waals surface area (Å²) in [5, 5.41) is 13.4. The van der Waals surface area contributed by atoms with E-state index in [2.05, 4.69) is 11.4 Å². The number of aryl methyl sites for hydroxylation is 1. The Kier molecular flexibility index (Phi) is 7.67. The Balaban J connectivity index is 1.63. The maximum Gasteiger partial charge on any atom is 0.408 e. The Bertz CT molecular complexity index is 1860. The van der Waals surface area contributed by atoms with Crippen molar-refractivity contribution < 1.29 is 23.9 Å². The van der Waals surface area contributed by atoms with Gasteiger partial charge in [-0.05, 0) is 46.8 Å². The second kappa shape index (κ2) is 11.2. The molecule has 2 aromatic carbocycles. The minimum atomic E-state index is -1.17. The van der Waals surface area contributed by atoms with Crippen molar-refractivity contribution in [3.8, 4) is 6.07 Å². The number of nitriles is 1. The molecule has 1 atom stereocenters. The molecule has 4 aromatic rings. The molecule has 0 fully saturated rings. The van der Waals surface area contributed by atoms with Gasteiger partial charge in [-0.15, -0.1) is 0 Å². The molecule has 0 saturated heterocycles. The summed E-state index contributed by atoms with van der Waals surface area (Å²) in [6.45, 7) is 8.85. The van der Waals surface area contributed by atoms with E-state index in [0.717, 1.165) is 21.3 Å². The van der Waals surface area contributed by atoms with Crippen LogP contribution in [-0.4, -0.2) is 55.9 Å². The molecule has 10 nitrogen and oxygen atoms in total. The average molecular weight is 580 g/mol. The van der Waals surface area contributed by atoms with Crippen molar-refractivity contribution in [1.29, 1.82) is 5.26 Å². The van der Waals surface area contributed by atoms with Gasteiger partial charge < -0.3 is 19.2 Å². The number of aromatic nitrogens is 2. The van der Waals surface area contributed by atoms with Gasteiger partial charge in [-0.2, -0.15) is 5.26 Å². The van der Waals surface area contributed by atoms with E-state index < -0.39 is 41.9 Å². The highest BCUT2D eigenvalue weighted by Gasteiger charge is 2.45. The summed E-state index contributed by atoms with van der Waals surface area (Å²) in [6.07, 6.45) is 2.80. The summed E-state index contributed by atoms with van der Waals surface area (Å²) in [6, 6.07) is 16.0. The van der Waals surface area contributed by atoms with Gasteiger partial charge in [0.25, 0.3) is 11.8 Å². The molecule has 1 aliphatic rings. The number of hydrogen-bond donors (Lipinski definition) is 1. The lowest BCUT2D eigenvalue weighted by atomic mass is 9.95. The molecule has 3 amide bonds. The molecule has 0 spiro atoms. The van der Waals surface area contributed by atoms with Gasteiger partial charge in [0.1, 0.15) is 12.1 Å². The molecule has 1 unspecified atom stereocenters. The Labute approximate surface area is 249 Å². The number of ketones is 1. The minimum absolute atomic E-state index is 0.0509. The van der Waals surface area contributed by atoms with Gasteiger partial charge >= 0.3 is 6.09 Å². The first-order valence-electron chi connectivity index (χ1n) is 14.1. The van der Waals surface area contributed by atoms with Crippen LogP contribution in [0.25, 0.3) is 33.0 Å². The Morgan fingerprint density at radius 2 is 1.42 bits per heavy atom. The van der Waals surface area contributed by atoms with Crippen LogP contribution in [0.15, 0.2) is 60.9 Å². The van der Waals surface area contributed by atoms with E-state index in [4.69, 9.17) is 4.74 Å². The number of amides is 3. The number of fused-ring (bicyclic) bond motifs is 2. The van der Waals surface area contributed by atoms with Crippen LogP contribution in [0.1, 0.15) is 45.7 Å². The fraction of sp³-hybridized carbons (Fsp3) is 0.303. The number of Topliss-reactive ketones (excluding diaryl/α,β-unsaturated/α-hetero) is 1. The van der Waals surface area contributed by atoms with Crippen LogP contribution in [0.3, 0.4) is 0 Å². The third kappa shape index (κ3) is 5.30. The van der Waals surface area contributed by atoms with Crippen molar-refractivity contribution in [2.45, 2.75) is 59.4 Å². The number of nitrogens with one attached hydrogen (secondary N) is 1. The van der Waals surface area contributed by atoms with E-state index in [1.165, 1.54) is 6.92 Å². The fourth-order valence-corrected chi connectivity index (χ4v) is 5.52. The minimum Gasteiger partial charge on any atom is -0.444 e. The Morgan fingerprint density at radius 3 is 1.93 bits per heavy atom. The number of carbonyl (C=O) groups excluding carboxylic acids is 4. The van der Waals surface area contributed by atoms with Gasteiger partial charge in [-0.3, -0.25) is 19.3 Å². The largest absolute Gasteiger partial charge is 0.444 e. The molecule has 0 bridgehead atoms. The average Bonchev–Trinajstić information content (AvgIpc) is 3.59. The Morgan fingerprint density at radius 1 is 0.907 bits per heavy atom. The molecule has 43 heavy (non-hydrogen) atoms. The van der Waals surface area contributed by atoms with Crippen LogP contribution in [0.2, 0.25) is 0 Å². The van der Waals surface area contributed by atoms with Gasteiger partial charge in [-0.25, -0.2) is 4.79 Å². The molecule has 2 aromatic heterocycles. The van der Waals surface area contributed by atoms with Crippen LogP contribution < -0.4 is 5.32 Å². The molecule has 0 radical (unpaired) electrons. The van der Waals surface area contributed by atoms with Crippen molar-refractivity contribution >= 4 is 56.6 Å². The summed E-state index contributed by atoms with van der Waals surface area (Å²) < 4.78 is 8.97. The fourth-order valence-electron chi connectivity index (χ4n) is 5.52. The monoisotopic (exact) mass is 579 g/mol. The van der Waals surface area contributed by atoms with Crippen LogP contribution >= 0.6 is 0 Å². The maximum absolute atomic E-state index is 14.3. The SMILES string of the molecule is CCn1cc(C2=C(c3cn(CC#N)c4ccccc34)C(=O)N(C(C)C(=O)CNC(=O)OC(C)(C)C)C2=O)c2ccccc21. The van der Waals surface area contributed by atoms with Crippen molar-refractivity contribution in [3.05, 3.63) is 72.1 Å². The molecule has 0 saturated carbocycles. The summed E-state index contributed by atoms with van der Waals surface area (Å²) in [7, 11) is 0. The highest BCUT2D eigenvalue weighted by molar-refractivity contribution is 6.51. The van der Waals surface area contributed by atoms with E-state index in [-0.39, 0.29) is 17.7 Å². The molecule has 0 aliphatic carbocycles. The van der Waals surface area contributed by atoms with Crippen molar-refractivity contribution in [2.24, 2.45) is 0 Å². The Hall–Kier alpha value is -5.17. The van der Waals surface area contributed by atoms with E-state index in [0.29, 0.717) is 23.1 Å². The molecular weight excluding hydrogens is 546 g/mol. The highest BCUT2D eigenvalue weighted by Crippen LogP contribution is 2.42. The molecule has 5 rings (SSSR count). The zero-order chi connectivity index (χ0) is 31.1. The van der Waals surface area contributed by atoms with Crippen molar-refractivity contribution in [3.63, 3.8) is 0 Å². The quantitative estimate of drug-likeness (QED) is 0.296. The molecule has 3 heterocycles. The lowest BCUT2D eigenvalue weighted by molar-refractivity contribution is -0.143. The van der Waals surface area contributed by atoms with E-state index in [9.17, 15) is 24.4 Å². The molecule has 10 heteroatoms. The number of imide groups is 1. The normalized spacial score (nSPS) is 14.5. The summed E-state index contributed by atoms with van der Waals surface area (Å²) in [5.74, 6) is -1.75. The lowest BCUT2D eigenvalue weighted by Crippen LogP contribution is -2.47. The smallest absolute Gasteiger partial charge is 0.408 e. The zero-order valence-electron chi connectivity index (χ0n) is 24.8. The summed E-state index contributed by atoms with van der Waals surface area (Å²) in [4.78, 5) is 55.0. The van der Waals surface area contributed by atoms with Gasteiger partial charge in [0.2, 0.25) is 0 Å². The van der Waals surface area contributed by atoms with E-state index in [1.54, 1.807) is 31.5 Å². The van der Waals surface area contributed by atoms with Gasteiger partial charge in [-0.1, -0.05) is 36.4 Å². The topological polar surface area (TPSA) is 126 Å². The van der Waals surface area contributed by atoms with Crippen molar-refractivity contribution in [1.82, 2.24) is 19.4 Å².